The summed E-state index contributed by atoms with van der Waals surface area (Å²) in [5.74, 6) is -4.64. The molecule has 8 nitrogen and oxygen atoms in total. The lowest BCUT2D eigenvalue weighted by Gasteiger charge is -2.38. The predicted molar refractivity (Wildman–Crippen MR) is 145 cm³/mol. The first-order chi connectivity index (χ1) is 18.7. The lowest BCUT2D eigenvalue weighted by Crippen LogP contribution is -2.51. The normalized spacial score (nSPS) is 20.5. The van der Waals surface area contributed by atoms with E-state index in [4.69, 9.17) is 16.3 Å². The van der Waals surface area contributed by atoms with Gasteiger partial charge in [0, 0.05) is 36.0 Å². The molecule has 1 aromatic carbocycles. The predicted octanol–water partition coefficient (Wildman–Crippen LogP) is 5.60. The van der Waals surface area contributed by atoms with Gasteiger partial charge in [0.2, 0.25) is 0 Å². The number of aromatic nitrogens is 1. The highest BCUT2D eigenvalue weighted by Crippen LogP contribution is 2.36. The minimum absolute atomic E-state index is 0.0266. The van der Waals surface area contributed by atoms with Gasteiger partial charge in [-0.15, -0.1) is 0 Å². The zero-order valence-corrected chi connectivity index (χ0v) is 23.8. The van der Waals surface area contributed by atoms with Crippen LogP contribution >= 0.6 is 11.6 Å². The Bertz CT molecular complexity index is 1360. The first kappa shape index (κ1) is 29.7. The highest BCUT2D eigenvalue weighted by atomic mass is 35.5. The van der Waals surface area contributed by atoms with Crippen molar-refractivity contribution in [3.8, 4) is 0 Å². The van der Waals surface area contributed by atoms with Gasteiger partial charge in [0.1, 0.15) is 11.3 Å². The number of carbonyl (C=O) groups excluding carboxylic acids is 4. The number of carbonyl (C=O) groups is 4. The number of benzene rings is 1. The number of nitrogens with one attached hydrogen (secondary N) is 2. The van der Waals surface area contributed by atoms with E-state index in [2.05, 4.69) is 10.6 Å². The van der Waals surface area contributed by atoms with Crippen molar-refractivity contribution < 1.29 is 32.7 Å². The topological polar surface area (TPSA) is 106 Å². The van der Waals surface area contributed by atoms with E-state index in [1.165, 1.54) is 6.07 Å². The van der Waals surface area contributed by atoms with Crippen LogP contribution in [-0.4, -0.2) is 39.3 Å². The van der Waals surface area contributed by atoms with E-state index in [0.717, 1.165) is 12.1 Å². The second kappa shape index (κ2) is 11.3. The molecule has 2 aliphatic rings. The summed E-state index contributed by atoms with van der Waals surface area (Å²) in [5, 5.41) is 5.20. The summed E-state index contributed by atoms with van der Waals surface area (Å²) in [5.41, 5.74) is -0.683. The summed E-state index contributed by atoms with van der Waals surface area (Å²) >= 11 is 6.53. The number of esters is 1. The number of ketones is 1. The van der Waals surface area contributed by atoms with Gasteiger partial charge >= 0.3 is 5.97 Å². The van der Waals surface area contributed by atoms with Crippen molar-refractivity contribution >= 4 is 40.9 Å². The molecule has 1 aromatic heterocycles. The van der Waals surface area contributed by atoms with E-state index >= 15 is 0 Å². The van der Waals surface area contributed by atoms with Gasteiger partial charge in [-0.05, 0) is 84.3 Å². The first-order valence-corrected chi connectivity index (χ1v) is 13.8. The maximum absolute atomic E-state index is 13.6. The van der Waals surface area contributed by atoms with Gasteiger partial charge in [-0.25, -0.2) is 8.78 Å². The van der Waals surface area contributed by atoms with Gasteiger partial charge in [0.05, 0.1) is 10.6 Å². The van der Waals surface area contributed by atoms with Crippen molar-refractivity contribution in [3.63, 3.8) is 0 Å². The maximum atomic E-state index is 13.6. The molecule has 1 aliphatic carbocycles. The number of halogens is 3. The highest BCUT2D eigenvalue weighted by Gasteiger charge is 2.38. The number of rotatable bonds is 7. The summed E-state index contributed by atoms with van der Waals surface area (Å²) in [6.07, 6.45) is 3.98. The van der Waals surface area contributed by atoms with Crippen LogP contribution in [0.5, 0.6) is 0 Å². The molecule has 2 amide bonds. The molecule has 216 valence electrons. The van der Waals surface area contributed by atoms with E-state index < -0.39 is 40.4 Å². The van der Waals surface area contributed by atoms with Crippen LogP contribution in [-0.2, 0) is 27.3 Å². The molecule has 0 spiro atoms. The van der Waals surface area contributed by atoms with E-state index in [0.29, 0.717) is 57.2 Å². The number of hydrogen-bond acceptors (Lipinski definition) is 5. The zero-order valence-electron chi connectivity index (χ0n) is 23.1. The smallest absolute Gasteiger partial charge is 0.306 e. The van der Waals surface area contributed by atoms with Gasteiger partial charge in [-0.3, -0.25) is 19.2 Å². The lowest BCUT2D eigenvalue weighted by atomic mass is 9.76. The fraction of sp³-hybridized carbons (Fsp3) is 0.517. The van der Waals surface area contributed by atoms with E-state index in [9.17, 15) is 28.0 Å². The summed E-state index contributed by atoms with van der Waals surface area (Å²) in [4.78, 5) is 51.8. The van der Waals surface area contributed by atoms with Crippen LogP contribution < -0.4 is 10.6 Å². The Kier molecular flexibility index (Phi) is 8.40. The van der Waals surface area contributed by atoms with Gasteiger partial charge in [0.25, 0.3) is 17.6 Å². The Morgan fingerprint density at radius 3 is 2.42 bits per heavy atom. The van der Waals surface area contributed by atoms with Crippen molar-refractivity contribution in [2.75, 3.05) is 5.32 Å². The second-order valence-electron chi connectivity index (χ2n) is 11.9. The van der Waals surface area contributed by atoms with E-state index in [1.54, 1.807) is 4.57 Å². The quantitative estimate of drug-likeness (QED) is 0.253. The third-order valence-corrected chi connectivity index (χ3v) is 7.80. The number of nitrogens with zero attached hydrogens (tertiary/aromatic N) is 1. The van der Waals surface area contributed by atoms with Gasteiger partial charge in [-0.1, -0.05) is 11.6 Å². The molecule has 0 bridgehead atoms. The Labute approximate surface area is 236 Å². The number of Topliss-reactive ketones (excluding diaryl/α,β-unsaturated/α-hetero) is 1. The molecule has 2 aromatic rings. The monoisotopic (exact) mass is 577 g/mol. The van der Waals surface area contributed by atoms with Gasteiger partial charge in [0.15, 0.2) is 11.6 Å². The fourth-order valence-corrected chi connectivity index (χ4v) is 5.85. The molecule has 11 heteroatoms. The second-order valence-corrected chi connectivity index (χ2v) is 12.3. The summed E-state index contributed by atoms with van der Waals surface area (Å²) in [7, 11) is 0. The maximum Gasteiger partial charge on any atom is 0.306 e. The molecule has 0 saturated heterocycles. The number of amides is 2. The third kappa shape index (κ3) is 6.54. The molecule has 1 saturated carbocycles. The Hall–Kier alpha value is -3.27. The van der Waals surface area contributed by atoms with Crippen molar-refractivity contribution in [1.82, 2.24) is 9.88 Å². The van der Waals surface area contributed by atoms with Crippen LogP contribution in [0, 0.1) is 17.6 Å². The van der Waals surface area contributed by atoms with E-state index in [1.807, 2.05) is 27.7 Å². The molecular formula is C29H34ClF2N3O5. The SMILES string of the molecule is CC1(NC(=O)C(=O)c2c(Cl)c(C(=O)Nc3ccc(F)c(F)c3)c3n2CCC3)CCC(CC(=O)OC(C)(C)C)CC1. The summed E-state index contributed by atoms with van der Waals surface area (Å²) in [6.45, 7) is 7.75. The van der Waals surface area contributed by atoms with Crippen molar-refractivity contribution in [1.29, 1.82) is 0 Å². The van der Waals surface area contributed by atoms with Crippen LogP contribution in [0.25, 0.3) is 0 Å². The minimum Gasteiger partial charge on any atom is -0.460 e. The molecular weight excluding hydrogens is 544 g/mol. The molecule has 1 fully saturated rings. The molecule has 2 N–H and O–H groups in total. The number of hydrogen-bond donors (Lipinski definition) is 2. The first-order valence-electron chi connectivity index (χ1n) is 13.4. The average molecular weight is 578 g/mol. The standard InChI is InChI=1S/C29H34ClF2N3O5/c1-28(2,3)40-21(36)14-16-9-11-29(4,12-10-16)34-27(39)25(37)24-23(30)22(20-6-5-13-35(20)24)26(38)33-17-7-8-18(31)19(32)15-17/h7-8,15-16H,5-6,9-14H2,1-4H3,(H,33,38)(H,34,39). The number of ether oxygens (including phenoxy) is 1. The molecule has 40 heavy (non-hydrogen) atoms. The fourth-order valence-electron chi connectivity index (χ4n) is 5.47. The van der Waals surface area contributed by atoms with Crippen LogP contribution in [0.15, 0.2) is 18.2 Å². The molecule has 1 aliphatic heterocycles. The number of fused-ring (bicyclic) bond motifs is 1. The lowest BCUT2D eigenvalue weighted by molar-refractivity contribution is -0.156. The van der Waals surface area contributed by atoms with Crippen LogP contribution in [0.1, 0.15) is 92.8 Å². The van der Waals surface area contributed by atoms with Crippen LogP contribution in [0.4, 0.5) is 14.5 Å². The van der Waals surface area contributed by atoms with Crippen LogP contribution in [0.3, 0.4) is 0 Å². The molecule has 0 unspecified atom stereocenters. The average Bonchev–Trinajstić information content (AvgIpc) is 3.40. The highest BCUT2D eigenvalue weighted by molar-refractivity contribution is 6.48. The van der Waals surface area contributed by atoms with Crippen molar-refractivity contribution in [3.05, 3.63) is 51.8 Å². The Balaban J connectivity index is 1.44. The number of anilines is 1. The van der Waals surface area contributed by atoms with Crippen molar-refractivity contribution in [2.45, 2.75) is 90.3 Å². The van der Waals surface area contributed by atoms with Gasteiger partial charge in [-0.2, -0.15) is 0 Å². The van der Waals surface area contributed by atoms with Crippen LogP contribution in [0.2, 0.25) is 5.02 Å². The summed E-state index contributed by atoms with van der Waals surface area (Å²) in [6, 6.07) is 2.95. The molecule has 2 heterocycles. The summed E-state index contributed by atoms with van der Waals surface area (Å²) < 4.78 is 33.9. The minimum atomic E-state index is -1.12. The Morgan fingerprint density at radius 1 is 1.12 bits per heavy atom. The third-order valence-electron chi connectivity index (χ3n) is 7.43. The van der Waals surface area contributed by atoms with E-state index in [-0.39, 0.29) is 33.9 Å². The Morgan fingerprint density at radius 2 is 1.80 bits per heavy atom. The molecule has 0 atom stereocenters. The van der Waals surface area contributed by atoms with Crippen molar-refractivity contribution in [2.24, 2.45) is 5.92 Å². The largest absolute Gasteiger partial charge is 0.460 e. The molecule has 0 radical (unpaired) electrons. The molecule has 4 rings (SSSR count). The van der Waals surface area contributed by atoms with Gasteiger partial charge < -0.3 is 19.9 Å². The zero-order chi connectivity index (χ0) is 29.4.